The van der Waals surface area contributed by atoms with E-state index < -0.39 is 10.0 Å². The number of nitrogens with zero attached hydrogens (tertiary/aromatic N) is 3. The lowest BCUT2D eigenvalue weighted by atomic mass is 10.4. The summed E-state index contributed by atoms with van der Waals surface area (Å²) in [5, 5.41) is 2.73. The molecule has 0 saturated heterocycles. The van der Waals surface area contributed by atoms with Crippen LogP contribution in [-0.2, 0) is 10.0 Å². The highest BCUT2D eigenvalue weighted by Gasteiger charge is 2.23. The lowest BCUT2D eigenvalue weighted by Gasteiger charge is -2.20. The largest absolute Gasteiger partial charge is 0.357 e. The Bertz CT molecular complexity index is 441. The van der Waals surface area contributed by atoms with Gasteiger partial charge in [-0.15, -0.1) is 0 Å². The van der Waals surface area contributed by atoms with Crippen LogP contribution in [0.5, 0.6) is 0 Å². The zero-order valence-electron chi connectivity index (χ0n) is 9.80. The fraction of sp³-hybridized carbons (Fsp3) is 0.556. The fourth-order valence-corrected chi connectivity index (χ4v) is 2.28. The van der Waals surface area contributed by atoms with Gasteiger partial charge in [0.2, 0.25) is 16.0 Å². The number of hydrogen-bond donors (Lipinski definition) is 1. The molecule has 0 unspecified atom stereocenters. The standard InChI is InChI=1S/C9H16N4O2S/c1-7(2)13(4)16(14,15)8-5-11-9(10-3)12-6-8/h5-7H,1-4H3,(H,10,11,12). The Kier molecular flexibility index (Phi) is 3.82. The molecule has 0 amide bonds. The minimum atomic E-state index is -3.48. The molecule has 0 fully saturated rings. The van der Waals surface area contributed by atoms with E-state index in [0.717, 1.165) is 0 Å². The van der Waals surface area contributed by atoms with Crippen molar-refractivity contribution >= 4 is 16.0 Å². The SMILES string of the molecule is CNc1ncc(S(=O)(=O)N(C)C(C)C)cn1. The summed E-state index contributed by atoms with van der Waals surface area (Å²) in [5.74, 6) is 0.395. The number of rotatable bonds is 4. The minimum absolute atomic E-state index is 0.0997. The monoisotopic (exact) mass is 244 g/mol. The van der Waals surface area contributed by atoms with E-state index in [4.69, 9.17) is 0 Å². The summed E-state index contributed by atoms with van der Waals surface area (Å²) in [5.41, 5.74) is 0. The van der Waals surface area contributed by atoms with Gasteiger partial charge in [-0.1, -0.05) is 0 Å². The first-order valence-corrected chi connectivity index (χ1v) is 6.31. The topological polar surface area (TPSA) is 75.2 Å². The van der Waals surface area contributed by atoms with Gasteiger partial charge >= 0.3 is 0 Å². The Hall–Kier alpha value is -1.21. The van der Waals surface area contributed by atoms with Crippen LogP contribution in [-0.4, -0.2) is 42.8 Å². The van der Waals surface area contributed by atoms with Gasteiger partial charge < -0.3 is 5.32 Å². The van der Waals surface area contributed by atoms with Crippen LogP contribution in [0.4, 0.5) is 5.95 Å². The molecule has 0 spiro atoms. The zero-order valence-corrected chi connectivity index (χ0v) is 10.6. The van der Waals surface area contributed by atoms with Crippen molar-refractivity contribution in [2.75, 3.05) is 19.4 Å². The van der Waals surface area contributed by atoms with Gasteiger partial charge in [-0.3, -0.25) is 0 Å². The third kappa shape index (κ3) is 2.48. The second kappa shape index (κ2) is 4.75. The summed E-state index contributed by atoms with van der Waals surface area (Å²) in [6.45, 7) is 3.61. The van der Waals surface area contributed by atoms with Crippen molar-refractivity contribution in [1.29, 1.82) is 0 Å². The van der Waals surface area contributed by atoms with E-state index in [0.29, 0.717) is 5.95 Å². The highest BCUT2D eigenvalue weighted by atomic mass is 32.2. The number of nitrogens with one attached hydrogen (secondary N) is 1. The van der Waals surface area contributed by atoms with Gasteiger partial charge in [-0.2, -0.15) is 4.31 Å². The molecule has 0 atom stereocenters. The average molecular weight is 244 g/mol. The van der Waals surface area contributed by atoms with E-state index in [2.05, 4.69) is 15.3 Å². The van der Waals surface area contributed by atoms with Crippen molar-refractivity contribution in [1.82, 2.24) is 14.3 Å². The molecule has 90 valence electrons. The van der Waals surface area contributed by atoms with Gasteiger partial charge in [0.1, 0.15) is 4.90 Å². The van der Waals surface area contributed by atoms with Crippen LogP contribution in [0.1, 0.15) is 13.8 Å². The highest BCUT2D eigenvalue weighted by molar-refractivity contribution is 7.89. The lowest BCUT2D eigenvalue weighted by molar-refractivity contribution is 0.410. The van der Waals surface area contributed by atoms with Gasteiger partial charge in [-0.05, 0) is 13.8 Å². The Morgan fingerprint density at radius 3 is 2.19 bits per heavy atom. The molecule has 1 rings (SSSR count). The second-order valence-corrected chi connectivity index (χ2v) is 5.60. The van der Waals surface area contributed by atoms with Crippen molar-refractivity contribution in [3.8, 4) is 0 Å². The molecule has 7 heteroatoms. The molecule has 1 heterocycles. The number of anilines is 1. The van der Waals surface area contributed by atoms with Crippen molar-refractivity contribution in [3.63, 3.8) is 0 Å². The van der Waals surface area contributed by atoms with E-state index in [1.807, 2.05) is 0 Å². The molecule has 1 aromatic rings. The van der Waals surface area contributed by atoms with Crippen molar-refractivity contribution in [2.45, 2.75) is 24.8 Å². The Morgan fingerprint density at radius 2 is 1.81 bits per heavy atom. The molecule has 0 bridgehead atoms. The van der Waals surface area contributed by atoms with Gasteiger partial charge in [0.05, 0.1) is 12.4 Å². The first-order valence-electron chi connectivity index (χ1n) is 4.87. The first-order chi connectivity index (χ1) is 7.39. The maximum atomic E-state index is 12.0. The summed E-state index contributed by atoms with van der Waals surface area (Å²) in [6, 6.07) is -0.103. The van der Waals surface area contributed by atoms with Gasteiger partial charge in [-0.25, -0.2) is 18.4 Å². The summed E-state index contributed by atoms with van der Waals surface area (Å²) < 4.78 is 25.3. The van der Waals surface area contributed by atoms with E-state index in [-0.39, 0.29) is 10.9 Å². The average Bonchev–Trinajstić information content (AvgIpc) is 2.28. The Balaban J connectivity index is 3.08. The summed E-state index contributed by atoms with van der Waals surface area (Å²) in [6.07, 6.45) is 2.60. The normalized spacial score (nSPS) is 12.1. The van der Waals surface area contributed by atoms with Gasteiger partial charge in [0, 0.05) is 20.1 Å². The summed E-state index contributed by atoms with van der Waals surface area (Å²) in [7, 11) is -0.279. The summed E-state index contributed by atoms with van der Waals surface area (Å²) >= 11 is 0. The van der Waals surface area contributed by atoms with Crippen LogP contribution < -0.4 is 5.32 Å². The second-order valence-electron chi connectivity index (χ2n) is 3.61. The van der Waals surface area contributed by atoms with Crippen LogP contribution >= 0.6 is 0 Å². The molecule has 0 aliphatic heterocycles. The lowest BCUT2D eigenvalue weighted by Crippen LogP contribution is -2.33. The van der Waals surface area contributed by atoms with Crippen LogP contribution in [0.2, 0.25) is 0 Å². The highest BCUT2D eigenvalue weighted by Crippen LogP contribution is 2.14. The van der Waals surface area contributed by atoms with Crippen molar-refractivity contribution in [2.24, 2.45) is 0 Å². The minimum Gasteiger partial charge on any atom is -0.357 e. The molecule has 0 aliphatic carbocycles. The molecular formula is C9H16N4O2S. The predicted molar refractivity (Wildman–Crippen MR) is 61.7 cm³/mol. The fourth-order valence-electron chi connectivity index (χ4n) is 1.02. The van der Waals surface area contributed by atoms with Crippen LogP contribution in [0.25, 0.3) is 0 Å². The molecule has 0 aliphatic rings. The van der Waals surface area contributed by atoms with E-state index >= 15 is 0 Å². The summed E-state index contributed by atoms with van der Waals surface area (Å²) in [4.78, 5) is 7.85. The van der Waals surface area contributed by atoms with E-state index in [9.17, 15) is 8.42 Å². The van der Waals surface area contributed by atoms with Crippen LogP contribution in [0.3, 0.4) is 0 Å². The molecule has 6 nitrogen and oxygen atoms in total. The molecule has 1 N–H and O–H groups in total. The molecule has 16 heavy (non-hydrogen) atoms. The van der Waals surface area contributed by atoms with Crippen molar-refractivity contribution < 1.29 is 8.42 Å². The molecule has 0 aromatic carbocycles. The quantitative estimate of drug-likeness (QED) is 0.837. The molecule has 0 saturated carbocycles. The molecular weight excluding hydrogens is 228 g/mol. The first kappa shape index (κ1) is 12.9. The third-order valence-electron chi connectivity index (χ3n) is 2.26. The number of hydrogen-bond acceptors (Lipinski definition) is 5. The smallest absolute Gasteiger partial charge is 0.246 e. The van der Waals surface area contributed by atoms with E-state index in [1.54, 1.807) is 20.9 Å². The number of aromatic nitrogens is 2. The van der Waals surface area contributed by atoms with Crippen LogP contribution in [0, 0.1) is 0 Å². The molecule has 1 aromatic heterocycles. The Labute approximate surface area is 95.8 Å². The van der Waals surface area contributed by atoms with Crippen molar-refractivity contribution in [3.05, 3.63) is 12.4 Å². The maximum Gasteiger partial charge on any atom is 0.246 e. The van der Waals surface area contributed by atoms with Crippen LogP contribution in [0.15, 0.2) is 17.3 Å². The maximum absolute atomic E-state index is 12.0. The van der Waals surface area contributed by atoms with Gasteiger partial charge in [0.25, 0.3) is 0 Å². The van der Waals surface area contributed by atoms with E-state index in [1.165, 1.54) is 23.7 Å². The Morgan fingerprint density at radius 1 is 1.31 bits per heavy atom. The molecule has 0 radical (unpaired) electrons. The van der Waals surface area contributed by atoms with Gasteiger partial charge in [0.15, 0.2) is 0 Å². The number of sulfonamides is 1. The third-order valence-corrected chi connectivity index (χ3v) is 4.24. The zero-order chi connectivity index (χ0) is 12.3. The predicted octanol–water partition coefficient (Wildman–Crippen LogP) is 0.547.